The first kappa shape index (κ1) is 16.1. The van der Waals surface area contributed by atoms with E-state index >= 15 is 0 Å². The molecule has 0 bridgehead atoms. The number of ketones is 1. The molecule has 2 unspecified atom stereocenters. The number of aldehydes is 1. The van der Waals surface area contributed by atoms with Crippen LogP contribution in [0.5, 0.6) is 0 Å². The largest absolute Gasteiger partial charge is 0.382 e. The van der Waals surface area contributed by atoms with Crippen LogP contribution in [0.4, 0.5) is 5.69 Å². The van der Waals surface area contributed by atoms with E-state index in [0.717, 1.165) is 30.5 Å². The molecule has 2 atom stereocenters. The third kappa shape index (κ3) is 3.59. The number of anilines is 1. The van der Waals surface area contributed by atoms with Gasteiger partial charge in [-0.05, 0) is 25.0 Å². The van der Waals surface area contributed by atoms with E-state index in [4.69, 9.17) is 9.47 Å². The Morgan fingerprint density at radius 3 is 2.78 bits per heavy atom. The monoisotopic (exact) mass is 318 g/mol. The number of hydrogen-bond acceptors (Lipinski definition) is 6. The van der Waals surface area contributed by atoms with Gasteiger partial charge in [0.25, 0.3) is 0 Å². The standard InChI is InChI=1S/C17H22N2O4/c1-22-11-15-9-19(17(10-20)23-15)13-4-7-16(18-8-13)12-2-5-14(21)6-3-12/h4,7-8,10,12,15,17H,2-3,5-6,9,11H2,1H3. The van der Waals surface area contributed by atoms with Crippen molar-refractivity contribution >= 4 is 17.8 Å². The molecule has 0 aromatic carbocycles. The first-order valence-electron chi connectivity index (χ1n) is 8.05. The van der Waals surface area contributed by atoms with Crippen LogP contribution in [-0.2, 0) is 19.1 Å². The van der Waals surface area contributed by atoms with Gasteiger partial charge in [0.1, 0.15) is 11.9 Å². The summed E-state index contributed by atoms with van der Waals surface area (Å²) < 4.78 is 10.7. The van der Waals surface area contributed by atoms with Crippen LogP contribution in [0, 0.1) is 0 Å². The Kier molecular flexibility index (Phi) is 5.03. The van der Waals surface area contributed by atoms with Gasteiger partial charge in [0.2, 0.25) is 0 Å². The van der Waals surface area contributed by atoms with Gasteiger partial charge in [-0.3, -0.25) is 14.6 Å². The molecule has 0 spiro atoms. The summed E-state index contributed by atoms with van der Waals surface area (Å²) in [7, 11) is 1.62. The van der Waals surface area contributed by atoms with Crippen LogP contribution in [-0.4, -0.2) is 49.6 Å². The number of carbonyl (C=O) groups is 2. The molecule has 1 aliphatic heterocycles. The van der Waals surface area contributed by atoms with Crippen LogP contribution < -0.4 is 4.90 Å². The smallest absolute Gasteiger partial charge is 0.187 e. The van der Waals surface area contributed by atoms with Gasteiger partial charge in [0.05, 0.1) is 18.5 Å². The third-order valence-corrected chi connectivity index (χ3v) is 4.57. The molecule has 6 heteroatoms. The minimum Gasteiger partial charge on any atom is -0.382 e. The fraction of sp³-hybridized carbons (Fsp3) is 0.588. The summed E-state index contributed by atoms with van der Waals surface area (Å²) in [5.74, 6) is 0.713. The molecule has 0 N–H and O–H groups in total. The van der Waals surface area contributed by atoms with E-state index < -0.39 is 6.23 Å². The molecule has 2 heterocycles. The molecule has 3 rings (SSSR count). The Labute approximate surface area is 135 Å². The SMILES string of the molecule is COCC1CN(c2ccc(C3CCC(=O)CC3)nc2)C(C=O)O1. The molecule has 23 heavy (non-hydrogen) atoms. The first-order chi connectivity index (χ1) is 11.2. The number of hydrogen-bond donors (Lipinski definition) is 0. The highest BCUT2D eigenvalue weighted by Crippen LogP contribution is 2.31. The summed E-state index contributed by atoms with van der Waals surface area (Å²) in [6.07, 6.45) is 4.96. The number of carbonyl (C=O) groups excluding carboxylic acids is 2. The number of nitrogens with zero attached hydrogens (tertiary/aromatic N) is 2. The molecule has 1 aromatic rings. The van der Waals surface area contributed by atoms with E-state index in [0.29, 0.717) is 37.7 Å². The van der Waals surface area contributed by atoms with Gasteiger partial charge in [-0.25, -0.2) is 0 Å². The zero-order chi connectivity index (χ0) is 16.2. The lowest BCUT2D eigenvalue weighted by atomic mass is 9.86. The van der Waals surface area contributed by atoms with Gasteiger partial charge in [0, 0.05) is 38.1 Å². The summed E-state index contributed by atoms with van der Waals surface area (Å²) in [4.78, 5) is 29.0. The van der Waals surface area contributed by atoms with E-state index in [-0.39, 0.29) is 6.10 Å². The van der Waals surface area contributed by atoms with Crippen LogP contribution in [0.15, 0.2) is 18.3 Å². The van der Waals surface area contributed by atoms with Crippen molar-refractivity contribution in [2.24, 2.45) is 0 Å². The second-order valence-electron chi connectivity index (χ2n) is 6.15. The van der Waals surface area contributed by atoms with E-state index in [1.54, 1.807) is 13.3 Å². The highest BCUT2D eigenvalue weighted by molar-refractivity contribution is 5.79. The predicted octanol–water partition coefficient (Wildman–Crippen LogP) is 1.68. The Morgan fingerprint density at radius 1 is 1.39 bits per heavy atom. The number of rotatable bonds is 5. The normalized spacial score (nSPS) is 25.8. The predicted molar refractivity (Wildman–Crippen MR) is 84.4 cm³/mol. The van der Waals surface area contributed by atoms with Gasteiger partial charge in [-0.1, -0.05) is 0 Å². The van der Waals surface area contributed by atoms with Crippen molar-refractivity contribution in [3.8, 4) is 0 Å². The van der Waals surface area contributed by atoms with Crippen molar-refractivity contribution in [3.63, 3.8) is 0 Å². The third-order valence-electron chi connectivity index (χ3n) is 4.57. The van der Waals surface area contributed by atoms with E-state index in [2.05, 4.69) is 4.98 Å². The van der Waals surface area contributed by atoms with Crippen molar-refractivity contribution < 1.29 is 19.1 Å². The summed E-state index contributed by atoms with van der Waals surface area (Å²) in [6.45, 7) is 1.07. The summed E-state index contributed by atoms with van der Waals surface area (Å²) >= 11 is 0. The second kappa shape index (κ2) is 7.19. The maximum atomic E-state index is 11.3. The molecule has 124 valence electrons. The van der Waals surface area contributed by atoms with E-state index in [1.165, 1.54) is 0 Å². The number of methoxy groups -OCH3 is 1. The maximum absolute atomic E-state index is 11.3. The lowest BCUT2D eigenvalue weighted by Crippen LogP contribution is -2.31. The van der Waals surface area contributed by atoms with Gasteiger partial charge in [0.15, 0.2) is 12.5 Å². The summed E-state index contributed by atoms with van der Waals surface area (Å²) in [5, 5.41) is 0. The van der Waals surface area contributed by atoms with Crippen molar-refractivity contribution in [2.75, 3.05) is 25.2 Å². The number of pyridine rings is 1. The van der Waals surface area contributed by atoms with Crippen molar-refractivity contribution in [1.82, 2.24) is 4.98 Å². The zero-order valence-corrected chi connectivity index (χ0v) is 13.3. The average Bonchev–Trinajstić information content (AvgIpc) is 2.99. The summed E-state index contributed by atoms with van der Waals surface area (Å²) in [6, 6.07) is 3.98. The molecule has 1 aromatic heterocycles. The lowest BCUT2D eigenvalue weighted by molar-refractivity contribution is -0.120. The fourth-order valence-electron chi connectivity index (χ4n) is 3.32. The van der Waals surface area contributed by atoms with Crippen molar-refractivity contribution in [1.29, 1.82) is 0 Å². The molecule has 2 fully saturated rings. The lowest BCUT2D eigenvalue weighted by Gasteiger charge is -2.23. The molecular weight excluding hydrogens is 296 g/mol. The quantitative estimate of drug-likeness (QED) is 0.770. The molecule has 1 saturated heterocycles. The van der Waals surface area contributed by atoms with Gasteiger partial charge in [-0.2, -0.15) is 0 Å². The fourth-order valence-corrected chi connectivity index (χ4v) is 3.32. The molecule has 2 aliphatic rings. The zero-order valence-electron chi connectivity index (χ0n) is 13.3. The topological polar surface area (TPSA) is 68.7 Å². The summed E-state index contributed by atoms with van der Waals surface area (Å²) in [5.41, 5.74) is 1.90. The second-order valence-corrected chi connectivity index (χ2v) is 6.15. The van der Waals surface area contributed by atoms with Crippen LogP contribution in [0.25, 0.3) is 0 Å². The Morgan fingerprint density at radius 2 is 2.17 bits per heavy atom. The number of Topliss-reactive ketones (excluding diaryl/α,β-unsaturated/α-hetero) is 1. The highest BCUT2D eigenvalue weighted by Gasteiger charge is 2.33. The number of ether oxygens (including phenoxy) is 2. The van der Waals surface area contributed by atoms with Crippen LogP contribution in [0.2, 0.25) is 0 Å². The van der Waals surface area contributed by atoms with Crippen LogP contribution in [0.1, 0.15) is 37.3 Å². The minimum atomic E-state index is -0.588. The average molecular weight is 318 g/mol. The molecule has 1 saturated carbocycles. The molecular formula is C17H22N2O4. The van der Waals surface area contributed by atoms with Crippen LogP contribution >= 0.6 is 0 Å². The highest BCUT2D eigenvalue weighted by atomic mass is 16.6. The Balaban J connectivity index is 1.69. The Bertz CT molecular complexity index is 550. The molecule has 1 aliphatic carbocycles. The van der Waals surface area contributed by atoms with Crippen molar-refractivity contribution in [3.05, 3.63) is 24.0 Å². The van der Waals surface area contributed by atoms with Crippen molar-refractivity contribution in [2.45, 2.75) is 43.9 Å². The molecule has 6 nitrogen and oxygen atoms in total. The molecule has 0 amide bonds. The van der Waals surface area contributed by atoms with Gasteiger partial charge < -0.3 is 14.4 Å². The van der Waals surface area contributed by atoms with Gasteiger partial charge >= 0.3 is 0 Å². The van der Waals surface area contributed by atoms with Gasteiger partial charge in [-0.15, -0.1) is 0 Å². The van der Waals surface area contributed by atoms with E-state index in [1.807, 2.05) is 17.0 Å². The Hall–Kier alpha value is -1.79. The molecule has 0 radical (unpaired) electrons. The maximum Gasteiger partial charge on any atom is 0.187 e. The van der Waals surface area contributed by atoms with E-state index in [9.17, 15) is 9.59 Å². The minimum absolute atomic E-state index is 0.112. The first-order valence-corrected chi connectivity index (χ1v) is 8.05. The number of aromatic nitrogens is 1. The van der Waals surface area contributed by atoms with Crippen LogP contribution in [0.3, 0.4) is 0 Å².